The maximum absolute atomic E-state index is 12.5. The molecule has 0 aromatic heterocycles. The number of nitrogens with zero attached hydrogens (tertiary/aromatic N) is 1. The SMILES string of the molecule is CC[C@H](C)[C@@H](C1CC1)N1C(=O)c2ccccc2C1=O. The number of carbonyl (C=O) groups excluding carboxylic acids is 2. The molecule has 1 saturated carbocycles. The van der Waals surface area contributed by atoms with Crippen LogP contribution in [-0.4, -0.2) is 22.8 Å². The zero-order valence-electron chi connectivity index (χ0n) is 11.4. The Morgan fingerprint density at radius 1 is 1.16 bits per heavy atom. The Morgan fingerprint density at radius 2 is 1.68 bits per heavy atom. The van der Waals surface area contributed by atoms with Crippen molar-refractivity contribution in [2.45, 2.75) is 39.2 Å². The van der Waals surface area contributed by atoms with Crippen molar-refractivity contribution in [2.24, 2.45) is 11.8 Å². The standard InChI is InChI=1S/C16H19NO2/c1-3-10(2)14(11-8-9-11)17-15(18)12-6-4-5-7-13(12)16(17)19/h4-7,10-11,14H,3,8-9H2,1-2H3/t10-,14-/m0/s1. The Kier molecular flexibility index (Phi) is 2.92. The lowest BCUT2D eigenvalue weighted by atomic mass is 9.93. The van der Waals surface area contributed by atoms with Crippen molar-refractivity contribution >= 4 is 11.8 Å². The lowest BCUT2D eigenvalue weighted by Gasteiger charge is -2.31. The first-order valence-corrected chi connectivity index (χ1v) is 7.12. The van der Waals surface area contributed by atoms with Crippen LogP contribution < -0.4 is 0 Å². The van der Waals surface area contributed by atoms with Gasteiger partial charge in [-0.2, -0.15) is 0 Å². The molecule has 2 aliphatic rings. The predicted molar refractivity (Wildman–Crippen MR) is 72.9 cm³/mol. The molecule has 0 spiro atoms. The van der Waals surface area contributed by atoms with E-state index in [2.05, 4.69) is 13.8 Å². The molecule has 19 heavy (non-hydrogen) atoms. The maximum Gasteiger partial charge on any atom is 0.261 e. The van der Waals surface area contributed by atoms with Crippen LogP contribution in [0.1, 0.15) is 53.8 Å². The topological polar surface area (TPSA) is 37.4 Å². The van der Waals surface area contributed by atoms with E-state index in [4.69, 9.17) is 0 Å². The highest BCUT2D eigenvalue weighted by Crippen LogP contribution is 2.42. The average molecular weight is 257 g/mol. The van der Waals surface area contributed by atoms with E-state index < -0.39 is 0 Å². The fourth-order valence-corrected chi connectivity index (χ4v) is 3.09. The Labute approximate surface area is 113 Å². The van der Waals surface area contributed by atoms with Crippen molar-refractivity contribution in [1.82, 2.24) is 4.90 Å². The van der Waals surface area contributed by atoms with Crippen LogP contribution in [0.2, 0.25) is 0 Å². The van der Waals surface area contributed by atoms with Gasteiger partial charge in [-0.25, -0.2) is 0 Å². The molecule has 3 nitrogen and oxygen atoms in total. The van der Waals surface area contributed by atoms with Gasteiger partial charge in [0.2, 0.25) is 0 Å². The highest BCUT2D eigenvalue weighted by Gasteiger charge is 2.47. The van der Waals surface area contributed by atoms with Crippen molar-refractivity contribution in [3.05, 3.63) is 35.4 Å². The largest absolute Gasteiger partial charge is 0.271 e. The van der Waals surface area contributed by atoms with E-state index in [9.17, 15) is 9.59 Å². The summed E-state index contributed by atoms with van der Waals surface area (Å²) in [4.78, 5) is 26.6. The van der Waals surface area contributed by atoms with Gasteiger partial charge in [-0.3, -0.25) is 14.5 Å². The van der Waals surface area contributed by atoms with E-state index in [1.165, 1.54) is 4.90 Å². The molecule has 0 radical (unpaired) electrons. The molecule has 3 heteroatoms. The van der Waals surface area contributed by atoms with E-state index >= 15 is 0 Å². The molecule has 1 aromatic rings. The number of amides is 2. The predicted octanol–water partition coefficient (Wildman–Crippen LogP) is 3.11. The summed E-state index contributed by atoms with van der Waals surface area (Å²) < 4.78 is 0. The monoisotopic (exact) mass is 257 g/mol. The highest BCUT2D eigenvalue weighted by atomic mass is 16.2. The van der Waals surface area contributed by atoms with Crippen LogP contribution in [0.3, 0.4) is 0 Å². The Morgan fingerprint density at radius 3 is 2.11 bits per heavy atom. The molecule has 2 atom stereocenters. The molecule has 1 aromatic carbocycles. The number of imide groups is 1. The minimum Gasteiger partial charge on any atom is -0.271 e. The van der Waals surface area contributed by atoms with Gasteiger partial charge in [0.15, 0.2) is 0 Å². The van der Waals surface area contributed by atoms with E-state index in [0.717, 1.165) is 19.3 Å². The highest BCUT2D eigenvalue weighted by molar-refractivity contribution is 6.21. The van der Waals surface area contributed by atoms with Gasteiger partial charge in [-0.05, 0) is 36.8 Å². The van der Waals surface area contributed by atoms with Crippen molar-refractivity contribution in [2.75, 3.05) is 0 Å². The second-order valence-corrected chi connectivity index (χ2v) is 5.74. The third kappa shape index (κ3) is 1.88. The zero-order chi connectivity index (χ0) is 13.6. The Bertz CT molecular complexity index is 498. The zero-order valence-corrected chi connectivity index (χ0v) is 11.4. The Balaban J connectivity index is 1.98. The van der Waals surface area contributed by atoms with Crippen molar-refractivity contribution < 1.29 is 9.59 Å². The van der Waals surface area contributed by atoms with E-state index in [1.807, 2.05) is 12.1 Å². The molecule has 0 bridgehead atoms. The van der Waals surface area contributed by atoms with E-state index in [-0.39, 0.29) is 17.9 Å². The quantitative estimate of drug-likeness (QED) is 0.777. The minimum atomic E-state index is -0.0993. The van der Waals surface area contributed by atoms with Crippen LogP contribution in [0.15, 0.2) is 24.3 Å². The molecule has 2 amide bonds. The first kappa shape index (κ1) is 12.4. The summed E-state index contributed by atoms with van der Waals surface area (Å²) >= 11 is 0. The molecule has 100 valence electrons. The normalized spacial score (nSPS) is 21.5. The van der Waals surface area contributed by atoms with Crippen LogP contribution in [0.4, 0.5) is 0 Å². The van der Waals surface area contributed by atoms with Crippen LogP contribution in [0.25, 0.3) is 0 Å². The molecule has 0 N–H and O–H groups in total. The molecular weight excluding hydrogens is 238 g/mol. The van der Waals surface area contributed by atoms with Gasteiger partial charge in [0.05, 0.1) is 11.1 Å². The van der Waals surface area contributed by atoms with Gasteiger partial charge in [0.25, 0.3) is 11.8 Å². The fourth-order valence-electron chi connectivity index (χ4n) is 3.09. The summed E-state index contributed by atoms with van der Waals surface area (Å²) in [5.41, 5.74) is 1.14. The second-order valence-electron chi connectivity index (χ2n) is 5.74. The summed E-state index contributed by atoms with van der Waals surface area (Å²) in [6, 6.07) is 7.25. The van der Waals surface area contributed by atoms with Crippen LogP contribution in [-0.2, 0) is 0 Å². The first-order chi connectivity index (χ1) is 9.15. The van der Waals surface area contributed by atoms with Crippen molar-refractivity contribution in [1.29, 1.82) is 0 Å². The summed E-state index contributed by atoms with van der Waals surface area (Å²) in [5, 5.41) is 0. The van der Waals surface area contributed by atoms with Gasteiger partial charge in [0.1, 0.15) is 0 Å². The van der Waals surface area contributed by atoms with Crippen molar-refractivity contribution in [3.63, 3.8) is 0 Å². The minimum absolute atomic E-state index is 0.0809. The van der Waals surface area contributed by atoms with Gasteiger partial charge in [-0.1, -0.05) is 32.4 Å². The molecule has 0 unspecified atom stereocenters. The summed E-state index contributed by atoms with van der Waals surface area (Å²) in [6.07, 6.45) is 3.28. The number of hydrogen-bond donors (Lipinski definition) is 0. The first-order valence-electron chi connectivity index (χ1n) is 7.12. The molecule has 0 saturated heterocycles. The van der Waals surface area contributed by atoms with E-state index in [1.54, 1.807) is 12.1 Å². The summed E-state index contributed by atoms with van der Waals surface area (Å²) in [5.74, 6) is 0.683. The third-order valence-corrected chi connectivity index (χ3v) is 4.46. The lowest BCUT2D eigenvalue weighted by molar-refractivity contribution is 0.0502. The number of hydrogen-bond acceptors (Lipinski definition) is 2. The smallest absolute Gasteiger partial charge is 0.261 e. The number of carbonyl (C=O) groups is 2. The fraction of sp³-hybridized carbons (Fsp3) is 0.500. The average Bonchev–Trinajstić information content (AvgIpc) is 3.23. The molecular formula is C16H19NO2. The van der Waals surface area contributed by atoms with Gasteiger partial charge in [-0.15, -0.1) is 0 Å². The lowest BCUT2D eigenvalue weighted by Crippen LogP contribution is -2.45. The molecule has 1 aliphatic heterocycles. The molecule has 1 fully saturated rings. The van der Waals surface area contributed by atoms with Crippen molar-refractivity contribution in [3.8, 4) is 0 Å². The second kappa shape index (κ2) is 4.48. The van der Waals surface area contributed by atoms with Gasteiger partial charge in [0, 0.05) is 6.04 Å². The summed E-state index contributed by atoms with van der Waals surface area (Å²) in [7, 11) is 0. The molecule has 1 heterocycles. The number of benzene rings is 1. The Hall–Kier alpha value is -1.64. The third-order valence-electron chi connectivity index (χ3n) is 4.46. The van der Waals surface area contributed by atoms with Crippen LogP contribution in [0, 0.1) is 11.8 Å². The number of rotatable bonds is 4. The van der Waals surface area contributed by atoms with Crippen LogP contribution in [0.5, 0.6) is 0 Å². The van der Waals surface area contributed by atoms with Crippen LogP contribution >= 0.6 is 0 Å². The molecule has 3 rings (SSSR count). The van der Waals surface area contributed by atoms with E-state index in [0.29, 0.717) is 23.0 Å². The molecule has 1 aliphatic carbocycles. The van der Waals surface area contributed by atoms with Gasteiger partial charge >= 0.3 is 0 Å². The maximum atomic E-state index is 12.5. The summed E-state index contributed by atoms with van der Waals surface area (Å²) in [6.45, 7) is 4.27. The van der Waals surface area contributed by atoms with Gasteiger partial charge < -0.3 is 0 Å². The number of fused-ring (bicyclic) bond motifs is 1.